The second kappa shape index (κ2) is 37.8. The highest BCUT2D eigenvalue weighted by atomic mass is 16.7. The number of carbonyl (C=O) groups excluding carboxylic acids is 1. The fourth-order valence-corrected chi connectivity index (χ4v) is 7.14. The van der Waals surface area contributed by atoms with E-state index < -0.39 is 74.2 Å². The maximum Gasteiger partial charge on any atom is 0.249 e. The average molecular weight is 838 g/mol. The van der Waals surface area contributed by atoms with Crippen molar-refractivity contribution in [3.05, 3.63) is 48.6 Å². The topological polar surface area (TPSA) is 189 Å². The second-order valence-corrected chi connectivity index (χ2v) is 16.5. The summed E-state index contributed by atoms with van der Waals surface area (Å²) in [4.78, 5) is 13.1. The third-order valence-electron chi connectivity index (χ3n) is 11.1. The molecular weight excluding hydrogens is 751 g/mol. The van der Waals surface area contributed by atoms with Gasteiger partial charge in [-0.05, 0) is 77.0 Å². The van der Waals surface area contributed by atoms with Crippen molar-refractivity contribution in [2.24, 2.45) is 0 Å². The van der Waals surface area contributed by atoms with Crippen LogP contribution in [0.2, 0.25) is 0 Å². The first-order valence-corrected chi connectivity index (χ1v) is 23.5. The molecule has 1 rings (SSSR count). The minimum absolute atomic E-state index is 0.237. The van der Waals surface area contributed by atoms with Gasteiger partial charge in [0.25, 0.3) is 0 Å². The molecule has 0 aliphatic carbocycles. The fourth-order valence-electron chi connectivity index (χ4n) is 7.14. The van der Waals surface area contributed by atoms with Crippen LogP contribution in [0.3, 0.4) is 0 Å². The van der Waals surface area contributed by atoms with E-state index in [0.29, 0.717) is 19.3 Å². The number of hydrogen-bond acceptors (Lipinski definition) is 10. The van der Waals surface area contributed by atoms with E-state index in [2.05, 4.69) is 61.7 Å². The van der Waals surface area contributed by atoms with Gasteiger partial charge in [-0.15, -0.1) is 0 Å². The molecule has 0 radical (unpaired) electrons. The van der Waals surface area contributed by atoms with E-state index in [-0.39, 0.29) is 12.8 Å². The Hall–Kier alpha value is -1.93. The van der Waals surface area contributed by atoms with Crippen molar-refractivity contribution < 1.29 is 50.0 Å². The summed E-state index contributed by atoms with van der Waals surface area (Å²) in [5.41, 5.74) is 0. The van der Waals surface area contributed by atoms with E-state index >= 15 is 0 Å². The molecule has 0 saturated carbocycles. The number of aliphatic hydroxyl groups excluding tert-OH is 7. The van der Waals surface area contributed by atoms with E-state index in [0.717, 1.165) is 70.6 Å². The molecular formula is C48H87NO10. The van der Waals surface area contributed by atoms with Gasteiger partial charge in [0.15, 0.2) is 6.29 Å². The van der Waals surface area contributed by atoms with Crippen LogP contribution in [0.15, 0.2) is 48.6 Å². The third-order valence-corrected chi connectivity index (χ3v) is 11.1. The van der Waals surface area contributed by atoms with E-state index in [4.69, 9.17) is 9.47 Å². The highest BCUT2D eigenvalue weighted by molar-refractivity contribution is 5.80. The molecule has 0 bridgehead atoms. The van der Waals surface area contributed by atoms with Crippen molar-refractivity contribution >= 4 is 5.91 Å². The molecule has 11 heteroatoms. The summed E-state index contributed by atoms with van der Waals surface area (Å²) < 4.78 is 11.0. The van der Waals surface area contributed by atoms with Gasteiger partial charge in [0.1, 0.15) is 36.6 Å². The Balaban J connectivity index is 2.41. The molecule has 1 saturated heterocycles. The van der Waals surface area contributed by atoms with Gasteiger partial charge in [-0.3, -0.25) is 4.79 Å². The predicted molar refractivity (Wildman–Crippen MR) is 238 cm³/mol. The smallest absolute Gasteiger partial charge is 0.249 e. The van der Waals surface area contributed by atoms with Crippen LogP contribution in [-0.2, 0) is 14.3 Å². The molecule has 1 amide bonds. The summed E-state index contributed by atoms with van der Waals surface area (Å²) in [7, 11) is 0. The third kappa shape index (κ3) is 27.6. The Kier molecular flexibility index (Phi) is 35.3. The second-order valence-electron chi connectivity index (χ2n) is 16.5. The van der Waals surface area contributed by atoms with Crippen LogP contribution in [0.1, 0.15) is 181 Å². The van der Waals surface area contributed by atoms with E-state index in [9.17, 15) is 40.5 Å². The first-order chi connectivity index (χ1) is 28.7. The fraction of sp³-hybridized carbons (Fsp3) is 0.812. The molecule has 0 spiro atoms. The summed E-state index contributed by atoms with van der Waals surface area (Å²) >= 11 is 0. The number of unbranched alkanes of at least 4 members (excludes halogenated alkanes) is 18. The molecule has 59 heavy (non-hydrogen) atoms. The normalized spacial score (nSPS) is 22.2. The number of rotatable bonds is 38. The molecule has 1 fully saturated rings. The SMILES string of the molecule is CCC/C=C/CC/C=C/CCCC(O)C(O)C(COC1OC(CO)C(O)C(O)C1O)NC(=O)C(O)CCCCCCCC/C=C\C/C=C\CCCCCCCCCCC. The van der Waals surface area contributed by atoms with Gasteiger partial charge in [0.05, 0.1) is 25.4 Å². The quantitative estimate of drug-likeness (QED) is 0.0225. The van der Waals surface area contributed by atoms with E-state index in [1.807, 2.05) is 6.08 Å². The maximum atomic E-state index is 13.1. The highest BCUT2D eigenvalue weighted by Crippen LogP contribution is 2.23. The zero-order valence-electron chi connectivity index (χ0n) is 37.0. The van der Waals surface area contributed by atoms with Gasteiger partial charge in [0, 0.05) is 0 Å². The van der Waals surface area contributed by atoms with Crippen molar-refractivity contribution in [2.45, 2.75) is 236 Å². The highest BCUT2D eigenvalue weighted by Gasteiger charge is 2.44. The zero-order chi connectivity index (χ0) is 43.4. The Morgan fingerprint density at radius 1 is 0.593 bits per heavy atom. The van der Waals surface area contributed by atoms with Gasteiger partial charge in [0.2, 0.25) is 5.91 Å². The molecule has 1 heterocycles. The van der Waals surface area contributed by atoms with Crippen LogP contribution in [0, 0.1) is 0 Å². The lowest BCUT2D eigenvalue weighted by molar-refractivity contribution is -0.303. The number of ether oxygens (including phenoxy) is 2. The standard InChI is InChI=1S/C48H87NO10/c1-3-5-7-9-11-13-15-16-17-18-19-20-21-22-23-24-25-26-28-30-32-34-36-41(52)47(57)49-39(38-58-48-46(56)45(55)44(54)42(37-50)59-48)43(53)40(51)35-33-31-29-27-14-12-10-8-6-4-2/h8,10,19-20,22-23,27,29,39-46,48,50-56H,3-7,9,11-18,21,24-26,28,30-38H2,1-2H3,(H,49,57)/b10-8+,20-19-,23-22-,29-27+. The number of allylic oxidation sites excluding steroid dienone is 8. The summed E-state index contributed by atoms with van der Waals surface area (Å²) in [6.45, 7) is 3.32. The summed E-state index contributed by atoms with van der Waals surface area (Å²) in [6, 6.07) is -1.19. The van der Waals surface area contributed by atoms with Gasteiger partial charge >= 0.3 is 0 Å². The molecule has 0 aromatic heterocycles. The van der Waals surface area contributed by atoms with Gasteiger partial charge in [-0.1, -0.05) is 152 Å². The molecule has 1 aliphatic heterocycles. The van der Waals surface area contributed by atoms with Crippen molar-refractivity contribution in [1.82, 2.24) is 5.32 Å². The largest absolute Gasteiger partial charge is 0.394 e. The molecule has 8 N–H and O–H groups in total. The lowest BCUT2D eigenvalue weighted by Crippen LogP contribution is -2.60. The average Bonchev–Trinajstić information content (AvgIpc) is 3.23. The Morgan fingerprint density at radius 3 is 1.68 bits per heavy atom. The van der Waals surface area contributed by atoms with Crippen LogP contribution in [0.5, 0.6) is 0 Å². The predicted octanol–water partition coefficient (Wildman–Crippen LogP) is 7.78. The molecule has 1 aliphatic rings. The van der Waals surface area contributed by atoms with Crippen LogP contribution < -0.4 is 5.32 Å². The van der Waals surface area contributed by atoms with Crippen molar-refractivity contribution in [3.8, 4) is 0 Å². The van der Waals surface area contributed by atoms with Gasteiger partial charge < -0.3 is 50.5 Å². The monoisotopic (exact) mass is 838 g/mol. The lowest BCUT2D eigenvalue weighted by atomic mass is 9.98. The summed E-state index contributed by atoms with van der Waals surface area (Å²) in [6.07, 6.45) is 33.2. The number of carbonyl (C=O) groups is 1. The summed E-state index contributed by atoms with van der Waals surface area (Å²) in [5, 5.41) is 75.4. The Morgan fingerprint density at radius 2 is 1.10 bits per heavy atom. The van der Waals surface area contributed by atoms with Crippen molar-refractivity contribution in [3.63, 3.8) is 0 Å². The van der Waals surface area contributed by atoms with Crippen LogP contribution >= 0.6 is 0 Å². The van der Waals surface area contributed by atoms with Gasteiger partial charge in [-0.25, -0.2) is 0 Å². The molecule has 0 aromatic rings. The number of hydrogen-bond donors (Lipinski definition) is 8. The van der Waals surface area contributed by atoms with Crippen molar-refractivity contribution in [2.75, 3.05) is 13.2 Å². The van der Waals surface area contributed by atoms with Crippen LogP contribution in [0.25, 0.3) is 0 Å². The first kappa shape index (κ1) is 55.1. The summed E-state index contributed by atoms with van der Waals surface area (Å²) in [5.74, 6) is -0.722. The van der Waals surface area contributed by atoms with Crippen LogP contribution in [-0.4, -0.2) is 110 Å². The van der Waals surface area contributed by atoms with Crippen LogP contribution in [0.4, 0.5) is 0 Å². The molecule has 0 aromatic carbocycles. The molecule has 9 unspecified atom stereocenters. The molecule has 344 valence electrons. The zero-order valence-corrected chi connectivity index (χ0v) is 37.0. The lowest BCUT2D eigenvalue weighted by Gasteiger charge is -2.40. The first-order valence-electron chi connectivity index (χ1n) is 23.5. The minimum Gasteiger partial charge on any atom is -0.394 e. The molecule has 11 nitrogen and oxygen atoms in total. The van der Waals surface area contributed by atoms with Gasteiger partial charge in [-0.2, -0.15) is 0 Å². The number of aliphatic hydroxyl groups is 7. The number of amides is 1. The van der Waals surface area contributed by atoms with E-state index in [1.54, 1.807) is 0 Å². The number of nitrogens with one attached hydrogen (secondary N) is 1. The maximum absolute atomic E-state index is 13.1. The Labute approximate surface area is 358 Å². The Bertz CT molecular complexity index is 1100. The minimum atomic E-state index is -1.67. The van der Waals surface area contributed by atoms with Crippen molar-refractivity contribution in [1.29, 1.82) is 0 Å². The van der Waals surface area contributed by atoms with E-state index in [1.165, 1.54) is 64.2 Å². The molecule has 9 atom stereocenters.